The predicted molar refractivity (Wildman–Crippen MR) is 84.1 cm³/mol. The molecular weight excluding hydrogens is 280 g/mol. The molecule has 0 bridgehead atoms. The first-order chi connectivity index (χ1) is 10.7. The third kappa shape index (κ3) is 4.04. The van der Waals surface area contributed by atoms with Crippen molar-refractivity contribution >= 4 is 12.0 Å². The van der Waals surface area contributed by atoms with Crippen LogP contribution >= 0.6 is 0 Å². The fourth-order valence-electron chi connectivity index (χ4n) is 1.86. The first-order valence-corrected chi connectivity index (χ1v) is 6.82. The van der Waals surface area contributed by atoms with Crippen LogP contribution < -0.4 is 0 Å². The minimum Gasteiger partial charge on any atom is -0.401 e. The zero-order valence-electron chi connectivity index (χ0n) is 12.6. The molecule has 0 fully saturated rings. The SMILES string of the molecule is COC(C=Cc1ccccc1)(OC)OC(=O)c1ccccc1. The van der Waals surface area contributed by atoms with Crippen LogP contribution in [-0.4, -0.2) is 26.2 Å². The summed E-state index contributed by atoms with van der Waals surface area (Å²) in [5, 5.41) is 0. The molecule has 0 unspecified atom stereocenters. The van der Waals surface area contributed by atoms with Gasteiger partial charge in [0.25, 0.3) is 0 Å². The molecule has 0 radical (unpaired) electrons. The van der Waals surface area contributed by atoms with Crippen LogP contribution in [0.4, 0.5) is 0 Å². The lowest BCUT2D eigenvalue weighted by molar-refractivity contribution is -0.301. The Morgan fingerprint density at radius 2 is 1.45 bits per heavy atom. The minimum atomic E-state index is -1.57. The number of carbonyl (C=O) groups excluding carboxylic acids is 1. The maximum absolute atomic E-state index is 12.2. The standard InChI is InChI=1S/C18H18O4/c1-20-18(21-2,14-13-15-9-5-3-6-10-15)22-17(19)16-11-7-4-8-12-16/h3-14H,1-2H3. The summed E-state index contributed by atoms with van der Waals surface area (Å²) in [4.78, 5) is 12.2. The number of rotatable bonds is 6. The summed E-state index contributed by atoms with van der Waals surface area (Å²) >= 11 is 0. The molecule has 2 aromatic carbocycles. The molecule has 4 heteroatoms. The van der Waals surface area contributed by atoms with Crippen LogP contribution in [0.25, 0.3) is 6.08 Å². The minimum absolute atomic E-state index is 0.425. The Balaban J connectivity index is 2.18. The van der Waals surface area contributed by atoms with Gasteiger partial charge < -0.3 is 14.2 Å². The summed E-state index contributed by atoms with van der Waals surface area (Å²) in [6, 6.07) is 18.3. The Labute approximate surface area is 129 Å². The Bertz CT molecular complexity index is 616. The van der Waals surface area contributed by atoms with Gasteiger partial charge in [-0.25, -0.2) is 4.79 Å². The zero-order chi connectivity index (χ0) is 15.8. The second-order valence-corrected chi connectivity index (χ2v) is 4.51. The van der Waals surface area contributed by atoms with Crippen LogP contribution in [0.15, 0.2) is 66.7 Å². The van der Waals surface area contributed by atoms with E-state index < -0.39 is 11.9 Å². The van der Waals surface area contributed by atoms with Crippen molar-refractivity contribution in [1.29, 1.82) is 0 Å². The fourth-order valence-corrected chi connectivity index (χ4v) is 1.86. The van der Waals surface area contributed by atoms with Gasteiger partial charge in [-0.2, -0.15) is 0 Å². The van der Waals surface area contributed by atoms with Gasteiger partial charge in [-0.1, -0.05) is 48.5 Å². The van der Waals surface area contributed by atoms with Crippen LogP contribution in [0.1, 0.15) is 15.9 Å². The highest BCUT2D eigenvalue weighted by Crippen LogP contribution is 2.19. The Morgan fingerprint density at radius 1 is 0.909 bits per heavy atom. The molecule has 0 N–H and O–H groups in total. The molecule has 0 amide bonds. The van der Waals surface area contributed by atoms with Gasteiger partial charge in [-0.05, 0) is 23.8 Å². The molecule has 0 aliphatic rings. The monoisotopic (exact) mass is 298 g/mol. The summed E-state index contributed by atoms with van der Waals surface area (Å²) in [7, 11) is 2.83. The first-order valence-electron chi connectivity index (χ1n) is 6.82. The molecule has 0 atom stereocenters. The van der Waals surface area contributed by atoms with E-state index >= 15 is 0 Å². The summed E-state index contributed by atoms with van der Waals surface area (Å²) in [5.41, 5.74) is 1.37. The third-order valence-corrected chi connectivity index (χ3v) is 3.09. The summed E-state index contributed by atoms with van der Waals surface area (Å²) < 4.78 is 15.9. The molecule has 0 saturated heterocycles. The molecule has 4 nitrogen and oxygen atoms in total. The lowest BCUT2D eigenvalue weighted by Crippen LogP contribution is -2.37. The second kappa shape index (κ2) is 7.54. The average molecular weight is 298 g/mol. The molecule has 22 heavy (non-hydrogen) atoms. The van der Waals surface area contributed by atoms with Crippen LogP contribution in [0, 0.1) is 0 Å². The van der Waals surface area contributed by atoms with E-state index in [1.807, 2.05) is 36.4 Å². The molecule has 0 aliphatic heterocycles. The predicted octanol–water partition coefficient (Wildman–Crippen LogP) is 3.50. The quantitative estimate of drug-likeness (QED) is 0.605. The van der Waals surface area contributed by atoms with Crippen LogP contribution in [-0.2, 0) is 14.2 Å². The van der Waals surface area contributed by atoms with Gasteiger partial charge in [-0.3, -0.25) is 0 Å². The van der Waals surface area contributed by atoms with Crippen molar-refractivity contribution in [2.75, 3.05) is 14.2 Å². The number of methoxy groups -OCH3 is 2. The largest absolute Gasteiger partial charge is 0.401 e. The molecule has 0 spiro atoms. The molecule has 0 saturated carbocycles. The van der Waals surface area contributed by atoms with E-state index in [0.29, 0.717) is 5.56 Å². The van der Waals surface area contributed by atoms with Crippen molar-refractivity contribution in [3.63, 3.8) is 0 Å². The molecular formula is C18H18O4. The number of hydrogen-bond acceptors (Lipinski definition) is 4. The van der Waals surface area contributed by atoms with Crippen molar-refractivity contribution in [3.8, 4) is 0 Å². The van der Waals surface area contributed by atoms with Crippen LogP contribution in [0.3, 0.4) is 0 Å². The lowest BCUT2D eigenvalue weighted by atomic mass is 10.2. The van der Waals surface area contributed by atoms with Gasteiger partial charge in [-0.15, -0.1) is 0 Å². The van der Waals surface area contributed by atoms with E-state index in [2.05, 4.69) is 0 Å². The Kier molecular flexibility index (Phi) is 5.47. The van der Waals surface area contributed by atoms with Crippen molar-refractivity contribution in [2.45, 2.75) is 5.97 Å². The van der Waals surface area contributed by atoms with E-state index in [0.717, 1.165) is 5.56 Å². The summed E-state index contributed by atoms with van der Waals surface area (Å²) in [5.74, 6) is -2.09. The maximum Gasteiger partial charge on any atom is 0.351 e. The molecule has 2 aromatic rings. The maximum atomic E-state index is 12.2. The van der Waals surface area contributed by atoms with Crippen molar-refractivity contribution in [2.24, 2.45) is 0 Å². The lowest BCUT2D eigenvalue weighted by Gasteiger charge is -2.26. The van der Waals surface area contributed by atoms with E-state index in [1.165, 1.54) is 14.2 Å². The molecule has 114 valence electrons. The Hall–Kier alpha value is -2.43. The van der Waals surface area contributed by atoms with Crippen molar-refractivity contribution < 1.29 is 19.0 Å². The highest BCUT2D eigenvalue weighted by atomic mass is 16.9. The second-order valence-electron chi connectivity index (χ2n) is 4.51. The van der Waals surface area contributed by atoms with E-state index in [9.17, 15) is 4.79 Å². The van der Waals surface area contributed by atoms with Crippen LogP contribution in [0.2, 0.25) is 0 Å². The summed E-state index contributed by atoms with van der Waals surface area (Å²) in [6.07, 6.45) is 3.33. The molecule has 0 heterocycles. The number of benzene rings is 2. The Morgan fingerprint density at radius 3 is 2.00 bits per heavy atom. The molecule has 0 aliphatic carbocycles. The smallest absolute Gasteiger partial charge is 0.351 e. The number of hydrogen-bond donors (Lipinski definition) is 0. The molecule has 2 rings (SSSR count). The van der Waals surface area contributed by atoms with Crippen molar-refractivity contribution in [1.82, 2.24) is 0 Å². The van der Waals surface area contributed by atoms with E-state index in [-0.39, 0.29) is 0 Å². The molecule has 0 aromatic heterocycles. The van der Waals surface area contributed by atoms with Gasteiger partial charge in [0.2, 0.25) is 0 Å². The van der Waals surface area contributed by atoms with Gasteiger partial charge in [0.05, 0.1) is 5.56 Å². The third-order valence-electron chi connectivity index (χ3n) is 3.09. The van der Waals surface area contributed by atoms with E-state index in [1.54, 1.807) is 36.4 Å². The van der Waals surface area contributed by atoms with Crippen LogP contribution in [0.5, 0.6) is 0 Å². The van der Waals surface area contributed by atoms with E-state index in [4.69, 9.17) is 14.2 Å². The van der Waals surface area contributed by atoms with Gasteiger partial charge in [0.15, 0.2) is 0 Å². The van der Waals surface area contributed by atoms with Gasteiger partial charge in [0, 0.05) is 20.3 Å². The number of ether oxygens (including phenoxy) is 3. The topological polar surface area (TPSA) is 44.8 Å². The average Bonchev–Trinajstić information content (AvgIpc) is 2.60. The normalized spacial score (nSPS) is 11.5. The fraction of sp³-hybridized carbons (Fsp3) is 0.167. The number of carbonyl (C=O) groups is 1. The zero-order valence-corrected chi connectivity index (χ0v) is 12.6. The van der Waals surface area contributed by atoms with Crippen molar-refractivity contribution in [3.05, 3.63) is 77.9 Å². The number of esters is 1. The summed E-state index contributed by atoms with van der Waals surface area (Å²) in [6.45, 7) is 0. The first kappa shape index (κ1) is 15.9. The highest BCUT2D eigenvalue weighted by molar-refractivity contribution is 5.89. The van der Waals surface area contributed by atoms with Gasteiger partial charge in [0.1, 0.15) is 0 Å². The highest BCUT2D eigenvalue weighted by Gasteiger charge is 2.32. The van der Waals surface area contributed by atoms with Gasteiger partial charge >= 0.3 is 11.9 Å².